The maximum absolute atomic E-state index is 11.1. The minimum Gasteiger partial charge on any atom is -0.335 e. The van der Waals surface area contributed by atoms with Crippen LogP contribution in [0.1, 0.15) is 12.0 Å². The molecule has 0 aliphatic heterocycles. The van der Waals surface area contributed by atoms with Gasteiger partial charge < -0.3 is 9.88 Å². The number of aryl methyl sites for hydroxylation is 1. The van der Waals surface area contributed by atoms with Gasteiger partial charge in [-0.3, -0.25) is 10.1 Å². The summed E-state index contributed by atoms with van der Waals surface area (Å²) >= 11 is 0. The summed E-state index contributed by atoms with van der Waals surface area (Å²) in [6.45, 7) is 0. The van der Waals surface area contributed by atoms with E-state index in [2.05, 4.69) is 30.6 Å². The Morgan fingerprint density at radius 2 is 2.24 bits per heavy atom. The number of rotatable bonds is 5. The molecule has 0 aliphatic carbocycles. The van der Waals surface area contributed by atoms with Gasteiger partial charge in [-0.1, -0.05) is 12.1 Å². The fourth-order valence-electron chi connectivity index (χ4n) is 2.16. The lowest BCUT2D eigenvalue weighted by Crippen LogP contribution is -2.00. The number of nitrogens with zero attached hydrogens (tertiary/aromatic N) is 4. The third-order valence-electron chi connectivity index (χ3n) is 3.08. The van der Waals surface area contributed by atoms with Crippen molar-refractivity contribution in [2.75, 3.05) is 6.16 Å². The molecule has 3 rings (SSSR count). The molecule has 0 saturated heterocycles. The average Bonchev–Trinajstić information content (AvgIpc) is 3.06. The number of para-hydroxylation sites is 1. The molecule has 1 unspecified atom stereocenters. The molecule has 0 bridgehead atoms. The highest BCUT2D eigenvalue weighted by Gasteiger charge is 2.13. The Balaban J connectivity index is 1.87. The predicted octanol–water partition coefficient (Wildman–Crippen LogP) is 0.820. The highest BCUT2D eigenvalue weighted by molar-refractivity contribution is 7.55. The Labute approximate surface area is 119 Å². The number of fused-ring (bicyclic) bond motifs is 1. The molecule has 5 N–H and O–H groups in total. The molecular formula is C11H14N7O2P. The Morgan fingerprint density at radius 1 is 1.38 bits per heavy atom. The molecule has 1 atom stereocenters. The van der Waals surface area contributed by atoms with Crippen LogP contribution in [0.15, 0.2) is 18.2 Å². The SMILES string of the molecule is NP(=O)(O)CCCc1cccc2[nH]c(-c3nn[nH]n3)nc12. The Bertz CT molecular complexity index is 792. The van der Waals surface area contributed by atoms with E-state index >= 15 is 0 Å². The van der Waals surface area contributed by atoms with Gasteiger partial charge in [0.1, 0.15) is 0 Å². The van der Waals surface area contributed by atoms with Gasteiger partial charge in [-0.25, -0.2) is 4.98 Å². The van der Waals surface area contributed by atoms with E-state index < -0.39 is 7.52 Å². The molecule has 0 spiro atoms. The maximum Gasteiger partial charge on any atom is 0.264 e. The first kappa shape index (κ1) is 13.9. The van der Waals surface area contributed by atoms with Crippen molar-refractivity contribution in [1.82, 2.24) is 30.6 Å². The summed E-state index contributed by atoms with van der Waals surface area (Å²) < 4.78 is 11.1. The van der Waals surface area contributed by atoms with Crippen molar-refractivity contribution in [3.8, 4) is 11.6 Å². The Kier molecular flexibility index (Phi) is 3.54. The van der Waals surface area contributed by atoms with E-state index in [1.807, 2.05) is 18.2 Å². The number of tetrazole rings is 1. The van der Waals surface area contributed by atoms with Crippen molar-refractivity contribution in [3.05, 3.63) is 23.8 Å². The van der Waals surface area contributed by atoms with Crippen LogP contribution in [0.3, 0.4) is 0 Å². The van der Waals surface area contributed by atoms with Crippen LogP contribution in [-0.4, -0.2) is 41.6 Å². The van der Waals surface area contributed by atoms with Gasteiger partial charge in [0, 0.05) is 6.16 Å². The highest BCUT2D eigenvalue weighted by Crippen LogP contribution is 2.31. The predicted molar refractivity (Wildman–Crippen MR) is 76.5 cm³/mol. The average molecular weight is 307 g/mol. The molecule has 9 nitrogen and oxygen atoms in total. The molecule has 0 aliphatic rings. The van der Waals surface area contributed by atoms with Gasteiger partial charge in [-0.05, 0) is 29.7 Å². The molecular weight excluding hydrogens is 293 g/mol. The van der Waals surface area contributed by atoms with Crippen LogP contribution < -0.4 is 5.50 Å². The summed E-state index contributed by atoms with van der Waals surface area (Å²) in [5.41, 5.74) is 7.77. The number of aromatic amines is 2. The highest BCUT2D eigenvalue weighted by atomic mass is 31.2. The van der Waals surface area contributed by atoms with Crippen molar-refractivity contribution in [1.29, 1.82) is 0 Å². The first-order chi connectivity index (χ1) is 10.0. The zero-order valence-electron chi connectivity index (χ0n) is 11.0. The summed E-state index contributed by atoms with van der Waals surface area (Å²) in [5, 5.41) is 13.6. The van der Waals surface area contributed by atoms with E-state index in [0.717, 1.165) is 16.6 Å². The first-order valence-electron chi connectivity index (χ1n) is 6.35. The van der Waals surface area contributed by atoms with Gasteiger partial charge in [0.2, 0.25) is 5.82 Å². The minimum atomic E-state index is -3.46. The van der Waals surface area contributed by atoms with E-state index in [-0.39, 0.29) is 6.16 Å². The number of aromatic nitrogens is 6. The van der Waals surface area contributed by atoms with E-state index in [9.17, 15) is 4.57 Å². The lowest BCUT2D eigenvalue weighted by atomic mass is 10.1. The van der Waals surface area contributed by atoms with Crippen molar-refractivity contribution < 1.29 is 9.46 Å². The molecule has 110 valence electrons. The van der Waals surface area contributed by atoms with E-state index in [0.29, 0.717) is 24.5 Å². The second-order valence-electron chi connectivity index (χ2n) is 4.72. The molecule has 2 heterocycles. The fourth-order valence-corrected chi connectivity index (χ4v) is 2.77. The third kappa shape index (κ3) is 3.15. The number of H-pyrrole nitrogens is 2. The monoisotopic (exact) mass is 307 g/mol. The van der Waals surface area contributed by atoms with Crippen molar-refractivity contribution in [2.24, 2.45) is 5.50 Å². The molecule has 0 saturated carbocycles. The Hall–Kier alpha value is -2.09. The molecule has 0 radical (unpaired) electrons. The summed E-state index contributed by atoms with van der Waals surface area (Å²) in [5.74, 6) is 0.914. The number of benzene rings is 1. The van der Waals surface area contributed by atoms with Crippen LogP contribution in [0.2, 0.25) is 0 Å². The van der Waals surface area contributed by atoms with Crippen LogP contribution >= 0.6 is 7.52 Å². The van der Waals surface area contributed by atoms with Crippen LogP contribution in [0.5, 0.6) is 0 Å². The van der Waals surface area contributed by atoms with Gasteiger partial charge in [-0.2, -0.15) is 5.21 Å². The molecule has 0 fully saturated rings. The second kappa shape index (κ2) is 5.36. The molecule has 0 amide bonds. The quantitative estimate of drug-likeness (QED) is 0.510. The molecule has 3 aromatic rings. The van der Waals surface area contributed by atoms with E-state index in [1.165, 1.54) is 0 Å². The Morgan fingerprint density at radius 3 is 2.95 bits per heavy atom. The molecule has 10 heteroatoms. The zero-order chi connectivity index (χ0) is 14.9. The largest absolute Gasteiger partial charge is 0.335 e. The minimum absolute atomic E-state index is 0.0888. The molecule has 1 aromatic carbocycles. The summed E-state index contributed by atoms with van der Waals surface area (Å²) in [6.07, 6.45) is 1.23. The second-order valence-corrected chi connectivity index (χ2v) is 6.68. The van der Waals surface area contributed by atoms with Crippen LogP contribution in [0.4, 0.5) is 0 Å². The van der Waals surface area contributed by atoms with E-state index in [4.69, 9.17) is 10.4 Å². The first-order valence-corrected chi connectivity index (χ1v) is 8.26. The molecule has 2 aromatic heterocycles. The zero-order valence-corrected chi connectivity index (χ0v) is 11.9. The fraction of sp³-hybridized carbons (Fsp3) is 0.273. The number of imidazole rings is 1. The van der Waals surface area contributed by atoms with Gasteiger partial charge in [0.25, 0.3) is 7.52 Å². The number of hydrogen-bond donors (Lipinski definition) is 4. The number of nitrogens with two attached hydrogens (primary N) is 1. The van der Waals surface area contributed by atoms with Crippen molar-refractivity contribution in [3.63, 3.8) is 0 Å². The smallest absolute Gasteiger partial charge is 0.264 e. The van der Waals surface area contributed by atoms with Crippen LogP contribution in [0.25, 0.3) is 22.7 Å². The lowest BCUT2D eigenvalue weighted by Gasteiger charge is -2.05. The molecule has 21 heavy (non-hydrogen) atoms. The van der Waals surface area contributed by atoms with Crippen LogP contribution in [0, 0.1) is 0 Å². The van der Waals surface area contributed by atoms with Crippen molar-refractivity contribution >= 4 is 18.6 Å². The standard InChI is InChI=1S/C11H14N7O2P/c12-21(19,20)6-2-4-7-3-1-5-8-9(7)14-10(13-8)11-15-17-18-16-11/h1,3,5H,2,4,6H2,(H,13,14)(H3,12,19,20)(H,15,16,17,18). The summed E-state index contributed by atoms with van der Waals surface area (Å²) in [7, 11) is -3.46. The maximum atomic E-state index is 11.1. The van der Waals surface area contributed by atoms with Gasteiger partial charge in [0.05, 0.1) is 11.0 Å². The lowest BCUT2D eigenvalue weighted by molar-refractivity contribution is 0.477. The van der Waals surface area contributed by atoms with E-state index in [1.54, 1.807) is 0 Å². The van der Waals surface area contributed by atoms with Gasteiger partial charge >= 0.3 is 0 Å². The normalized spacial score (nSPS) is 14.4. The van der Waals surface area contributed by atoms with Gasteiger partial charge in [-0.15, -0.1) is 10.2 Å². The summed E-state index contributed by atoms with van der Waals surface area (Å²) in [4.78, 5) is 16.7. The number of hydrogen-bond acceptors (Lipinski definition) is 5. The van der Waals surface area contributed by atoms with Crippen molar-refractivity contribution in [2.45, 2.75) is 12.8 Å². The summed E-state index contributed by atoms with van der Waals surface area (Å²) in [6, 6.07) is 5.73. The topological polar surface area (TPSA) is 146 Å². The van der Waals surface area contributed by atoms with Crippen LogP contribution in [-0.2, 0) is 11.0 Å². The van der Waals surface area contributed by atoms with Gasteiger partial charge in [0.15, 0.2) is 5.82 Å². The number of nitrogens with one attached hydrogen (secondary N) is 2. The third-order valence-corrected chi connectivity index (χ3v) is 4.04.